The van der Waals surface area contributed by atoms with Gasteiger partial charge in [0.2, 0.25) is 0 Å². The molecule has 0 amide bonds. The van der Waals surface area contributed by atoms with Gasteiger partial charge in [-0.25, -0.2) is 4.39 Å². The topological polar surface area (TPSA) is 12.0 Å². The maximum Gasteiger partial charge on any atom is 0.129 e. The first-order valence-corrected chi connectivity index (χ1v) is 8.75. The summed E-state index contributed by atoms with van der Waals surface area (Å²) in [5.74, 6) is -0.266. The average molecular weight is 391 g/mol. The first-order valence-electron chi connectivity index (χ1n) is 5.89. The number of hydrogen-bond acceptors (Lipinski definition) is 3. The predicted molar refractivity (Wildman–Crippen MR) is 89.7 cm³/mol. The highest BCUT2D eigenvalue weighted by Crippen LogP contribution is 2.38. The molecular formula is C14H10BrClFNS2. The lowest BCUT2D eigenvalue weighted by molar-refractivity contribution is 0.578. The number of thiophene rings is 2. The second-order valence-electron chi connectivity index (χ2n) is 4.31. The highest BCUT2D eigenvalue weighted by molar-refractivity contribution is 9.10. The monoisotopic (exact) mass is 389 g/mol. The number of fused-ring (bicyclic) bond motifs is 1. The maximum atomic E-state index is 14.2. The molecular weight excluding hydrogens is 381 g/mol. The van der Waals surface area contributed by atoms with E-state index in [-0.39, 0.29) is 11.9 Å². The molecule has 3 rings (SSSR count). The average Bonchev–Trinajstić information content (AvgIpc) is 2.97. The third kappa shape index (κ3) is 2.53. The van der Waals surface area contributed by atoms with Crippen LogP contribution in [-0.2, 0) is 0 Å². The Kier molecular flexibility index (Phi) is 4.15. The van der Waals surface area contributed by atoms with Crippen molar-refractivity contribution in [3.8, 4) is 0 Å². The van der Waals surface area contributed by atoms with E-state index in [0.29, 0.717) is 15.1 Å². The van der Waals surface area contributed by atoms with Gasteiger partial charge in [0, 0.05) is 24.3 Å². The normalized spacial score (nSPS) is 13.0. The van der Waals surface area contributed by atoms with E-state index in [0.717, 1.165) is 4.88 Å². The van der Waals surface area contributed by atoms with E-state index in [1.54, 1.807) is 28.7 Å². The van der Waals surface area contributed by atoms with Crippen molar-refractivity contribution >= 4 is 59.6 Å². The zero-order chi connectivity index (χ0) is 14.3. The lowest BCUT2D eigenvalue weighted by atomic mass is 10.0. The summed E-state index contributed by atoms with van der Waals surface area (Å²) in [7, 11) is 1.83. The lowest BCUT2D eigenvalue weighted by Crippen LogP contribution is -2.17. The molecule has 0 spiro atoms. The summed E-state index contributed by atoms with van der Waals surface area (Å²) in [5, 5.41) is 5.75. The summed E-state index contributed by atoms with van der Waals surface area (Å²) >= 11 is 12.7. The molecule has 0 saturated heterocycles. The Morgan fingerprint density at radius 1 is 1.30 bits per heavy atom. The van der Waals surface area contributed by atoms with Gasteiger partial charge in [0.15, 0.2) is 0 Å². The summed E-state index contributed by atoms with van der Waals surface area (Å²) in [6.07, 6.45) is 0. The van der Waals surface area contributed by atoms with Crippen LogP contribution in [0.3, 0.4) is 0 Å². The SMILES string of the molecule is CNC(c1cc2sccc2s1)c1cc(Cl)c(Br)cc1F. The summed E-state index contributed by atoms with van der Waals surface area (Å²) < 4.78 is 17.2. The van der Waals surface area contributed by atoms with Crippen LogP contribution in [0, 0.1) is 5.82 Å². The van der Waals surface area contributed by atoms with Crippen molar-refractivity contribution < 1.29 is 4.39 Å². The first-order chi connectivity index (χ1) is 9.60. The second kappa shape index (κ2) is 5.73. The Balaban J connectivity index is 2.09. The van der Waals surface area contributed by atoms with Gasteiger partial charge in [-0.1, -0.05) is 11.6 Å². The van der Waals surface area contributed by atoms with Gasteiger partial charge in [-0.05, 0) is 52.6 Å². The fraction of sp³-hybridized carbons (Fsp3) is 0.143. The summed E-state index contributed by atoms with van der Waals surface area (Å²) in [5.41, 5.74) is 0.564. The Labute approximate surface area is 137 Å². The summed E-state index contributed by atoms with van der Waals surface area (Å²) in [6.45, 7) is 0. The Morgan fingerprint density at radius 2 is 2.10 bits per heavy atom. The van der Waals surface area contributed by atoms with Gasteiger partial charge in [0.05, 0.1) is 11.1 Å². The molecule has 0 aliphatic carbocycles. The third-order valence-corrected chi connectivity index (χ3v) is 6.44. The summed E-state index contributed by atoms with van der Waals surface area (Å²) in [4.78, 5) is 1.09. The van der Waals surface area contributed by atoms with E-state index < -0.39 is 0 Å². The number of rotatable bonds is 3. The van der Waals surface area contributed by atoms with Crippen molar-refractivity contribution in [3.05, 3.63) is 55.4 Å². The molecule has 0 aliphatic rings. The molecule has 3 aromatic rings. The minimum absolute atomic E-state index is 0.190. The number of halogens is 3. The second-order valence-corrected chi connectivity index (χ2v) is 7.63. The molecule has 6 heteroatoms. The largest absolute Gasteiger partial charge is 0.309 e. The Bertz CT molecular complexity index is 739. The van der Waals surface area contributed by atoms with Gasteiger partial charge in [-0.2, -0.15) is 0 Å². The van der Waals surface area contributed by atoms with Crippen molar-refractivity contribution in [3.63, 3.8) is 0 Å². The van der Waals surface area contributed by atoms with Gasteiger partial charge in [0.1, 0.15) is 5.82 Å². The van der Waals surface area contributed by atoms with Crippen molar-refractivity contribution in [2.45, 2.75) is 6.04 Å². The lowest BCUT2D eigenvalue weighted by Gasteiger charge is -2.16. The predicted octanol–water partition coefficient (Wildman–Crippen LogP) is 5.83. The zero-order valence-corrected chi connectivity index (χ0v) is 14.4. The van der Waals surface area contributed by atoms with Crippen LogP contribution in [0.1, 0.15) is 16.5 Å². The molecule has 0 fully saturated rings. The van der Waals surface area contributed by atoms with Crippen molar-refractivity contribution in [1.29, 1.82) is 0 Å². The van der Waals surface area contributed by atoms with Gasteiger partial charge >= 0.3 is 0 Å². The molecule has 104 valence electrons. The standard InChI is InChI=1S/C14H10BrClFNS2/c1-18-14(7-4-9(16)8(15)5-10(7)17)13-6-12-11(20-13)2-3-19-12/h2-6,14,18H,1H3. The van der Waals surface area contributed by atoms with E-state index in [4.69, 9.17) is 11.6 Å². The molecule has 0 bridgehead atoms. The van der Waals surface area contributed by atoms with Gasteiger partial charge < -0.3 is 5.32 Å². The highest BCUT2D eigenvalue weighted by Gasteiger charge is 2.20. The highest BCUT2D eigenvalue weighted by atomic mass is 79.9. The molecule has 1 atom stereocenters. The molecule has 0 radical (unpaired) electrons. The fourth-order valence-corrected chi connectivity index (χ4v) is 4.87. The van der Waals surface area contributed by atoms with Gasteiger partial charge in [-0.3, -0.25) is 0 Å². The number of nitrogens with one attached hydrogen (secondary N) is 1. The zero-order valence-electron chi connectivity index (χ0n) is 10.4. The smallest absolute Gasteiger partial charge is 0.129 e. The Morgan fingerprint density at radius 3 is 2.80 bits per heavy atom. The van der Waals surface area contributed by atoms with Crippen molar-refractivity contribution in [2.75, 3.05) is 7.05 Å². The van der Waals surface area contributed by atoms with Crippen LogP contribution >= 0.6 is 50.2 Å². The molecule has 0 aliphatic heterocycles. The van der Waals surface area contributed by atoms with Crippen LogP contribution < -0.4 is 5.32 Å². The van der Waals surface area contributed by atoms with E-state index >= 15 is 0 Å². The van der Waals surface area contributed by atoms with Crippen LogP contribution in [0.15, 0.2) is 34.1 Å². The van der Waals surface area contributed by atoms with Gasteiger partial charge in [0.25, 0.3) is 0 Å². The molecule has 1 unspecified atom stereocenters. The van der Waals surface area contributed by atoms with E-state index in [9.17, 15) is 4.39 Å². The minimum Gasteiger partial charge on any atom is -0.309 e. The fourth-order valence-electron chi connectivity index (χ4n) is 2.14. The van der Waals surface area contributed by atoms with E-state index in [1.165, 1.54) is 15.5 Å². The van der Waals surface area contributed by atoms with E-state index in [1.807, 2.05) is 7.05 Å². The van der Waals surface area contributed by atoms with Crippen LogP contribution in [-0.4, -0.2) is 7.05 Å². The summed E-state index contributed by atoms with van der Waals surface area (Å²) in [6, 6.07) is 7.10. The quantitative estimate of drug-likeness (QED) is 0.555. The first kappa shape index (κ1) is 14.5. The molecule has 1 nitrogen and oxygen atoms in total. The maximum absolute atomic E-state index is 14.2. The third-order valence-electron chi connectivity index (χ3n) is 3.08. The molecule has 2 heterocycles. The molecule has 20 heavy (non-hydrogen) atoms. The van der Waals surface area contributed by atoms with E-state index in [2.05, 4.69) is 38.8 Å². The van der Waals surface area contributed by atoms with Gasteiger partial charge in [-0.15, -0.1) is 22.7 Å². The molecule has 2 aromatic heterocycles. The Hall–Kier alpha value is -0.460. The van der Waals surface area contributed by atoms with Crippen LogP contribution in [0.2, 0.25) is 5.02 Å². The van der Waals surface area contributed by atoms with Crippen LogP contribution in [0.5, 0.6) is 0 Å². The van der Waals surface area contributed by atoms with Crippen molar-refractivity contribution in [1.82, 2.24) is 5.32 Å². The van der Waals surface area contributed by atoms with Crippen LogP contribution in [0.25, 0.3) is 9.40 Å². The number of benzene rings is 1. The molecule has 1 aromatic carbocycles. The molecule has 1 N–H and O–H groups in total. The minimum atomic E-state index is -0.266. The van der Waals surface area contributed by atoms with Crippen LogP contribution in [0.4, 0.5) is 4.39 Å². The molecule has 0 saturated carbocycles. The van der Waals surface area contributed by atoms with Crippen molar-refractivity contribution in [2.24, 2.45) is 0 Å². The number of hydrogen-bond donors (Lipinski definition) is 1.